The van der Waals surface area contributed by atoms with Crippen molar-refractivity contribution < 1.29 is 15.0 Å². The second-order valence-electron chi connectivity index (χ2n) is 9.31. The molecule has 1 aromatic heterocycles. The van der Waals surface area contributed by atoms with E-state index < -0.39 is 6.10 Å². The molecule has 0 aliphatic heterocycles. The van der Waals surface area contributed by atoms with E-state index in [0.717, 1.165) is 33.2 Å². The van der Waals surface area contributed by atoms with Crippen molar-refractivity contribution in [3.63, 3.8) is 0 Å². The normalized spacial score (nSPS) is 13.0. The Morgan fingerprint density at radius 3 is 2.49 bits per heavy atom. The number of anilines is 1. The summed E-state index contributed by atoms with van der Waals surface area (Å²) < 4.78 is 0. The number of nitrogens with one attached hydrogen (secondary N) is 1. The quantitative estimate of drug-likeness (QED) is 0.310. The molecule has 6 nitrogen and oxygen atoms in total. The fraction of sp³-hybridized carbons (Fsp3) is 0.129. The van der Waals surface area contributed by atoms with E-state index in [4.69, 9.17) is 9.97 Å². The summed E-state index contributed by atoms with van der Waals surface area (Å²) in [4.78, 5) is 22.8. The molecule has 1 atom stereocenters. The number of aryl methyl sites for hydroxylation is 2. The van der Waals surface area contributed by atoms with Crippen molar-refractivity contribution in [3.05, 3.63) is 119 Å². The summed E-state index contributed by atoms with van der Waals surface area (Å²) in [6.07, 6.45) is 0.425. The first-order valence-electron chi connectivity index (χ1n) is 12.3. The molecule has 6 heteroatoms. The van der Waals surface area contributed by atoms with Crippen molar-refractivity contribution in [3.8, 4) is 17.0 Å². The SMILES string of the molecule is O=C(Cc1ccc2ccccc2c1)Nc1nc2c(nc1C(O)c1ccccc1)-c1ccc(O)cc1CC2. The summed E-state index contributed by atoms with van der Waals surface area (Å²) in [5, 5.41) is 26.3. The molecule has 0 spiro atoms. The molecule has 4 aromatic carbocycles. The van der Waals surface area contributed by atoms with Gasteiger partial charge in [0.1, 0.15) is 17.5 Å². The maximum absolute atomic E-state index is 13.1. The maximum Gasteiger partial charge on any atom is 0.229 e. The molecule has 37 heavy (non-hydrogen) atoms. The van der Waals surface area contributed by atoms with E-state index >= 15 is 0 Å². The Bertz CT molecular complexity index is 1630. The lowest BCUT2D eigenvalue weighted by Gasteiger charge is -2.23. The van der Waals surface area contributed by atoms with Crippen molar-refractivity contribution >= 4 is 22.5 Å². The van der Waals surface area contributed by atoms with Crippen LogP contribution in [0.15, 0.2) is 91.0 Å². The summed E-state index contributed by atoms with van der Waals surface area (Å²) in [6, 6.07) is 28.4. The number of carbonyl (C=O) groups excluding carboxylic acids is 1. The van der Waals surface area contributed by atoms with Gasteiger partial charge in [0.15, 0.2) is 5.82 Å². The van der Waals surface area contributed by atoms with E-state index in [9.17, 15) is 15.0 Å². The van der Waals surface area contributed by atoms with Crippen molar-refractivity contribution in [1.29, 1.82) is 0 Å². The number of aliphatic hydroxyl groups is 1. The number of aromatic hydroxyl groups is 1. The largest absolute Gasteiger partial charge is 0.508 e. The van der Waals surface area contributed by atoms with Gasteiger partial charge in [-0.25, -0.2) is 9.97 Å². The summed E-state index contributed by atoms with van der Waals surface area (Å²) in [5.41, 5.74) is 5.11. The van der Waals surface area contributed by atoms with E-state index in [1.54, 1.807) is 12.1 Å². The number of hydrogen-bond acceptors (Lipinski definition) is 5. The Hall–Kier alpha value is -4.55. The molecule has 5 aromatic rings. The zero-order chi connectivity index (χ0) is 25.4. The van der Waals surface area contributed by atoms with Gasteiger partial charge in [-0.3, -0.25) is 4.79 Å². The van der Waals surface area contributed by atoms with Crippen LogP contribution in [0.25, 0.3) is 22.0 Å². The molecular formula is C31H25N3O3. The molecule has 0 saturated carbocycles. The average molecular weight is 488 g/mol. The van der Waals surface area contributed by atoms with Crippen LogP contribution in [0.4, 0.5) is 5.82 Å². The minimum Gasteiger partial charge on any atom is -0.508 e. The van der Waals surface area contributed by atoms with Crippen LogP contribution in [0.1, 0.15) is 34.2 Å². The third-order valence-electron chi connectivity index (χ3n) is 6.78. The lowest BCUT2D eigenvalue weighted by Crippen LogP contribution is -2.21. The average Bonchev–Trinajstić information content (AvgIpc) is 2.92. The second kappa shape index (κ2) is 9.48. The van der Waals surface area contributed by atoms with E-state index in [0.29, 0.717) is 24.1 Å². The fourth-order valence-corrected chi connectivity index (χ4v) is 4.93. The first-order valence-corrected chi connectivity index (χ1v) is 12.3. The number of phenols is 1. The number of nitrogens with zero attached hydrogens (tertiary/aromatic N) is 2. The summed E-state index contributed by atoms with van der Waals surface area (Å²) in [7, 11) is 0. The third-order valence-corrected chi connectivity index (χ3v) is 6.78. The molecule has 1 unspecified atom stereocenters. The van der Waals surface area contributed by atoms with Crippen LogP contribution < -0.4 is 5.32 Å². The van der Waals surface area contributed by atoms with Gasteiger partial charge in [-0.2, -0.15) is 0 Å². The first-order chi connectivity index (χ1) is 18.0. The first kappa shape index (κ1) is 22.9. The van der Waals surface area contributed by atoms with Gasteiger partial charge < -0.3 is 15.5 Å². The summed E-state index contributed by atoms with van der Waals surface area (Å²) >= 11 is 0. The smallest absolute Gasteiger partial charge is 0.229 e. The molecule has 3 N–H and O–H groups in total. The number of aliphatic hydroxyl groups excluding tert-OH is 1. The van der Waals surface area contributed by atoms with Crippen LogP contribution in [0, 0.1) is 0 Å². The lowest BCUT2D eigenvalue weighted by atomic mass is 9.91. The molecule has 0 fully saturated rings. The number of benzene rings is 4. The van der Waals surface area contributed by atoms with Crippen molar-refractivity contribution in [2.24, 2.45) is 0 Å². The molecule has 0 radical (unpaired) electrons. The van der Waals surface area contributed by atoms with Crippen LogP contribution in [0.5, 0.6) is 5.75 Å². The van der Waals surface area contributed by atoms with Gasteiger partial charge >= 0.3 is 0 Å². The van der Waals surface area contributed by atoms with Crippen LogP contribution in [0.3, 0.4) is 0 Å². The fourth-order valence-electron chi connectivity index (χ4n) is 4.93. The predicted octanol–water partition coefficient (Wildman–Crippen LogP) is 5.36. The zero-order valence-electron chi connectivity index (χ0n) is 20.1. The highest BCUT2D eigenvalue weighted by molar-refractivity contribution is 5.93. The molecule has 1 amide bonds. The number of carbonyl (C=O) groups is 1. The van der Waals surface area contributed by atoms with Gasteiger partial charge in [-0.05, 0) is 58.5 Å². The Kier molecular flexibility index (Phi) is 5.87. The van der Waals surface area contributed by atoms with E-state index in [1.807, 2.05) is 78.9 Å². The maximum atomic E-state index is 13.1. The number of fused-ring (bicyclic) bond motifs is 4. The number of rotatable bonds is 5. The van der Waals surface area contributed by atoms with Gasteiger partial charge in [-0.1, -0.05) is 72.8 Å². The lowest BCUT2D eigenvalue weighted by molar-refractivity contribution is -0.115. The number of phenolic OH excluding ortho intramolecular Hbond substituents is 1. The molecule has 1 aliphatic rings. The van der Waals surface area contributed by atoms with Crippen LogP contribution >= 0.6 is 0 Å². The van der Waals surface area contributed by atoms with Gasteiger partial charge in [0.2, 0.25) is 5.91 Å². The molecule has 0 bridgehead atoms. The highest BCUT2D eigenvalue weighted by Crippen LogP contribution is 2.36. The Morgan fingerprint density at radius 1 is 0.865 bits per heavy atom. The summed E-state index contributed by atoms with van der Waals surface area (Å²) in [6.45, 7) is 0. The Labute approximate surface area is 214 Å². The third kappa shape index (κ3) is 4.55. The molecular weight excluding hydrogens is 462 g/mol. The topological polar surface area (TPSA) is 95.3 Å². The zero-order valence-corrected chi connectivity index (χ0v) is 20.1. The minimum absolute atomic E-state index is 0.173. The summed E-state index contributed by atoms with van der Waals surface area (Å²) in [5.74, 6) is 0.243. The van der Waals surface area contributed by atoms with Crippen molar-refractivity contribution in [2.45, 2.75) is 25.4 Å². The number of aromatic nitrogens is 2. The van der Waals surface area contributed by atoms with Crippen molar-refractivity contribution in [2.75, 3.05) is 5.32 Å². The number of hydrogen-bond donors (Lipinski definition) is 3. The van der Waals surface area contributed by atoms with Crippen LogP contribution in [-0.4, -0.2) is 26.1 Å². The van der Waals surface area contributed by atoms with Gasteiger partial charge in [0.05, 0.1) is 17.8 Å². The van der Waals surface area contributed by atoms with Gasteiger partial charge in [0, 0.05) is 5.56 Å². The number of amides is 1. The standard InChI is InChI=1S/C31H25N3O3/c35-24-13-14-25-23(18-24)12-15-26-28(25)34-29(30(37)21-7-2-1-3-8-21)31(32-26)33-27(36)17-19-10-11-20-6-4-5-9-22(20)16-19/h1-11,13-14,16,18,30,35,37H,12,15,17H2,(H,32,33,36). The molecule has 1 heterocycles. The molecule has 1 aliphatic carbocycles. The highest BCUT2D eigenvalue weighted by atomic mass is 16.3. The van der Waals surface area contributed by atoms with Gasteiger partial charge in [0.25, 0.3) is 0 Å². The molecule has 6 rings (SSSR count). The molecule has 182 valence electrons. The Morgan fingerprint density at radius 2 is 1.65 bits per heavy atom. The van der Waals surface area contributed by atoms with Crippen LogP contribution in [-0.2, 0) is 24.1 Å². The van der Waals surface area contributed by atoms with Crippen molar-refractivity contribution in [1.82, 2.24) is 9.97 Å². The molecule has 0 saturated heterocycles. The second-order valence-corrected chi connectivity index (χ2v) is 9.31. The van der Waals surface area contributed by atoms with E-state index in [1.165, 1.54) is 0 Å². The highest BCUT2D eigenvalue weighted by Gasteiger charge is 2.26. The van der Waals surface area contributed by atoms with E-state index in [2.05, 4.69) is 5.32 Å². The predicted molar refractivity (Wildman–Crippen MR) is 143 cm³/mol. The Balaban J connectivity index is 1.37. The van der Waals surface area contributed by atoms with E-state index in [-0.39, 0.29) is 29.6 Å². The minimum atomic E-state index is -1.07. The van der Waals surface area contributed by atoms with Gasteiger partial charge in [-0.15, -0.1) is 0 Å². The van der Waals surface area contributed by atoms with Crippen LogP contribution in [0.2, 0.25) is 0 Å². The monoisotopic (exact) mass is 487 g/mol.